The van der Waals surface area contributed by atoms with Gasteiger partial charge in [0.25, 0.3) is 0 Å². The van der Waals surface area contributed by atoms with Gasteiger partial charge in [0.15, 0.2) is 9.84 Å². The van der Waals surface area contributed by atoms with Crippen LogP contribution in [0.5, 0.6) is 0 Å². The monoisotopic (exact) mass is 205 g/mol. The molecule has 0 saturated carbocycles. The van der Waals surface area contributed by atoms with Crippen LogP contribution in [-0.4, -0.2) is 18.7 Å². The van der Waals surface area contributed by atoms with Gasteiger partial charge in [-0.25, -0.2) is 13.4 Å². The van der Waals surface area contributed by atoms with Crippen LogP contribution in [0.1, 0.15) is 19.5 Å². The van der Waals surface area contributed by atoms with Gasteiger partial charge in [-0.3, -0.25) is 0 Å². The lowest BCUT2D eigenvalue weighted by Gasteiger charge is -2.04. The van der Waals surface area contributed by atoms with Crippen molar-refractivity contribution >= 4 is 21.2 Å². The summed E-state index contributed by atoms with van der Waals surface area (Å²) in [5.74, 6) is 0.0637. The van der Waals surface area contributed by atoms with E-state index in [9.17, 15) is 8.42 Å². The second-order valence-corrected chi connectivity index (χ2v) is 6.11. The molecule has 0 bridgehead atoms. The van der Waals surface area contributed by atoms with E-state index >= 15 is 0 Å². The van der Waals surface area contributed by atoms with Crippen molar-refractivity contribution < 1.29 is 8.42 Å². The zero-order valence-corrected chi connectivity index (χ0v) is 8.65. The van der Waals surface area contributed by atoms with Crippen LogP contribution in [0.3, 0.4) is 0 Å². The highest BCUT2D eigenvalue weighted by Crippen LogP contribution is 2.10. The maximum absolute atomic E-state index is 11.4. The van der Waals surface area contributed by atoms with Crippen molar-refractivity contribution in [2.24, 2.45) is 0 Å². The number of rotatable bonds is 3. The van der Waals surface area contributed by atoms with Crippen LogP contribution in [0.2, 0.25) is 0 Å². The summed E-state index contributed by atoms with van der Waals surface area (Å²) in [4.78, 5) is 3.92. The number of hydrogen-bond donors (Lipinski definition) is 0. The summed E-state index contributed by atoms with van der Waals surface area (Å²) in [7, 11) is -2.98. The first-order valence-corrected chi connectivity index (χ1v) is 6.27. The summed E-state index contributed by atoms with van der Waals surface area (Å²) in [6.07, 6.45) is 0. The van der Waals surface area contributed by atoms with Gasteiger partial charge in [0.1, 0.15) is 0 Å². The molecule has 0 unspecified atom stereocenters. The highest BCUT2D eigenvalue weighted by Gasteiger charge is 2.17. The zero-order valence-electron chi connectivity index (χ0n) is 7.02. The first-order chi connectivity index (χ1) is 5.52. The normalized spacial score (nSPS) is 12.2. The topological polar surface area (TPSA) is 47.0 Å². The Kier molecular flexibility index (Phi) is 2.85. The molecule has 0 amide bonds. The molecule has 0 N–H and O–H groups in total. The molecule has 1 rings (SSSR count). The van der Waals surface area contributed by atoms with E-state index in [1.165, 1.54) is 11.3 Å². The molecule has 0 radical (unpaired) electrons. The van der Waals surface area contributed by atoms with Crippen LogP contribution >= 0.6 is 11.3 Å². The lowest BCUT2D eigenvalue weighted by molar-refractivity contribution is 0.586. The van der Waals surface area contributed by atoms with Crippen molar-refractivity contribution in [3.8, 4) is 0 Å². The number of sulfone groups is 1. The molecule has 0 saturated heterocycles. The van der Waals surface area contributed by atoms with Crippen molar-refractivity contribution in [3.05, 3.63) is 16.6 Å². The highest BCUT2D eigenvalue weighted by atomic mass is 32.2. The summed E-state index contributed by atoms with van der Waals surface area (Å²) >= 11 is 1.42. The molecule has 0 fully saturated rings. The molecular formula is C7H11NO2S2. The largest absolute Gasteiger partial charge is 0.249 e. The Balaban J connectivity index is 2.77. The fraction of sp³-hybridized carbons (Fsp3) is 0.571. The van der Waals surface area contributed by atoms with E-state index in [1.54, 1.807) is 24.7 Å². The van der Waals surface area contributed by atoms with E-state index in [4.69, 9.17) is 0 Å². The van der Waals surface area contributed by atoms with Crippen molar-refractivity contribution in [1.82, 2.24) is 4.98 Å². The van der Waals surface area contributed by atoms with Crippen LogP contribution in [-0.2, 0) is 15.6 Å². The molecule has 1 aromatic rings. The van der Waals surface area contributed by atoms with Crippen molar-refractivity contribution in [2.75, 3.05) is 0 Å². The summed E-state index contributed by atoms with van der Waals surface area (Å²) in [5.41, 5.74) is 2.29. The minimum atomic E-state index is -2.98. The van der Waals surface area contributed by atoms with Crippen LogP contribution in [0, 0.1) is 0 Å². The fourth-order valence-corrected chi connectivity index (χ4v) is 2.25. The number of aromatic nitrogens is 1. The molecule has 68 valence electrons. The SMILES string of the molecule is CC(C)S(=O)(=O)Cc1cscn1. The highest BCUT2D eigenvalue weighted by molar-refractivity contribution is 7.91. The van der Waals surface area contributed by atoms with Crippen molar-refractivity contribution in [1.29, 1.82) is 0 Å². The average Bonchev–Trinajstić information content (AvgIpc) is 2.38. The molecule has 1 aromatic heterocycles. The Morgan fingerprint density at radius 3 is 2.67 bits per heavy atom. The zero-order chi connectivity index (χ0) is 9.19. The molecule has 0 aliphatic carbocycles. The lowest BCUT2D eigenvalue weighted by Crippen LogP contribution is -2.16. The molecule has 3 nitrogen and oxygen atoms in total. The Morgan fingerprint density at radius 2 is 2.25 bits per heavy atom. The molecular weight excluding hydrogens is 194 g/mol. The maximum atomic E-state index is 11.4. The van der Waals surface area contributed by atoms with Gasteiger partial charge in [0.05, 0.1) is 22.2 Å². The summed E-state index contributed by atoms with van der Waals surface area (Å²) in [6, 6.07) is 0. The molecule has 5 heteroatoms. The van der Waals surface area contributed by atoms with Crippen molar-refractivity contribution in [3.63, 3.8) is 0 Å². The second kappa shape index (κ2) is 3.53. The minimum absolute atomic E-state index is 0.0637. The van der Waals surface area contributed by atoms with E-state index in [2.05, 4.69) is 4.98 Å². The third-order valence-electron chi connectivity index (χ3n) is 1.55. The fourth-order valence-electron chi connectivity index (χ4n) is 0.682. The first-order valence-electron chi connectivity index (χ1n) is 3.61. The van der Waals surface area contributed by atoms with Gasteiger partial charge in [0.2, 0.25) is 0 Å². The Hall–Kier alpha value is -0.420. The summed E-state index contributed by atoms with van der Waals surface area (Å²) in [6.45, 7) is 3.36. The molecule has 0 atom stereocenters. The van der Waals surface area contributed by atoms with E-state index in [0.29, 0.717) is 5.69 Å². The van der Waals surface area contributed by atoms with Crippen LogP contribution in [0.15, 0.2) is 10.9 Å². The Morgan fingerprint density at radius 1 is 1.58 bits per heavy atom. The van der Waals surface area contributed by atoms with Gasteiger partial charge in [-0.2, -0.15) is 0 Å². The third kappa shape index (κ3) is 2.28. The minimum Gasteiger partial charge on any atom is -0.249 e. The lowest BCUT2D eigenvalue weighted by atomic mass is 10.6. The smallest absolute Gasteiger partial charge is 0.158 e. The van der Waals surface area contributed by atoms with Gasteiger partial charge in [0, 0.05) is 5.38 Å². The number of hydrogen-bond acceptors (Lipinski definition) is 4. The van der Waals surface area contributed by atoms with Crippen LogP contribution in [0.25, 0.3) is 0 Å². The van der Waals surface area contributed by atoms with Crippen LogP contribution < -0.4 is 0 Å². The van der Waals surface area contributed by atoms with Gasteiger partial charge >= 0.3 is 0 Å². The number of nitrogens with zero attached hydrogens (tertiary/aromatic N) is 1. The standard InChI is InChI=1S/C7H11NO2S2/c1-6(2)12(9,10)4-7-3-11-5-8-7/h3,5-6H,4H2,1-2H3. The predicted octanol–water partition coefficient (Wildman–Crippen LogP) is 1.47. The molecule has 0 spiro atoms. The predicted molar refractivity (Wildman–Crippen MR) is 49.9 cm³/mol. The Labute approximate surface area is 76.4 Å². The quantitative estimate of drug-likeness (QED) is 0.750. The van der Waals surface area contributed by atoms with Gasteiger partial charge in [-0.1, -0.05) is 0 Å². The summed E-state index contributed by atoms with van der Waals surface area (Å²) < 4.78 is 22.7. The van der Waals surface area contributed by atoms with E-state index in [1.807, 2.05) is 0 Å². The van der Waals surface area contributed by atoms with Gasteiger partial charge < -0.3 is 0 Å². The Bertz CT molecular complexity index is 326. The second-order valence-electron chi connectivity index (χ2n) is 2.84. The van der Waals surface area contributed by atoms with Gasteiger partial charge in [-0.15, -0.1) is 11.3 Å². The molecule has 12 heavy (non-hydrogen) atoms. The third-order valence-corrected chi connectivity index (χ3v) is 4.32. The molecule has 0 aliphatic heterocycles. The maximum Gasteiger partial charge on any atom is 0.158 e. The van der Waals surface area contributed by atoms with E-state index in [-0.39, 0.29) is 11.0 Å². The summed E-state index contributed by atoms with van der Waals surface area (Å²) in [5, 5.41) is 1.44. The number of thiazole rings is 1. The van der Waals surface area contributed by atoms with Gasteiger partial charge in [-0.05, 0) is 13.8 Å². The van der Waals surface area contributed by atoms with E-state index in [0.717, 1.165) is 0 Å². The molecule has 0 aliphatic rings. The average molecular weight is 205 g/mol. The first kappa shape index (κ1) is 9.67. The molecule has 1 heterocycles. The van der Waals surface area contributed by atoms with Crippen molar-refractivity contribution in [2.45, 2.75) is 24.9 Å². The van der Waals surface area contributed by atoms with Crippen LogP contribution in [0.4, 0.5) is 0 Å². The molecule has 0 aromatic carbocycles. The van der Waals surface area contributed by atoms with E-state index < -0.39 is 9.84 Å².